The monoisotopic (exact) mass is 270 g/mol. The fourth-order valence-electron chi connectivity index (χ4n) is 0.771. The second kappa shape index (κ2) is 8.21. The third kappa shape index (κ3) is 7.22. The minimum absolute atomic E-state index is 1.15. The normalized spacial score (nSPS) is 10.8. The summed E-state index contributed by atoms with van der Waals surface area (Å²) in [5, 5.41) is 0. The van der Waals surface area contributed by atoms with Crippen molar-refractivity contribution in [3.05, 3.63) is 0 Å². The van der Waals surface area contributed by atoms with Crippen LogP contribution >= 0.6 is 8.83 Å². The van der Waals surface area contributed by atoms with Gasteiger partial charge in [0.05, 0.1) is 0 Å². The molecule has 0 amide bonds. The summed E-state index contributed by atoms with van der Waals surface area (Å²) in [5.41, 5.74) is 0. The van der Waals surface area contributed by atoms with Crippen molar-refractivity contribution in [3.8, 4) is 0 Å². The van der Waals surface area contributed by atoms with E-state index < -0.39 is 19.1 Å². The van der Waals surface area contributed by atoms with E-state index in [0.717, 1.165) is 0 Å². The van der Waals surface area contributed by atoms with E-state index >= 15 is 0 Å². The summed E-state index contributed by atoms with van der Waals surface area (Å²) in [6.07, 6.45) is 5.38. The molecule has 0 N–H and O–H groups in total. The molecule has 0 radical (unpaired) electrons. The third-order valence-electron chi connectivity index (χ3n) is 1.51. The van der Waals surface area contributed by atoms with E-state index in [1.807, 2.05) is 0 Å². The number of hydrogen-bond acceptors (Lipinski definition) is 0. The molecule has 0 saturated heterocycles. The standard InChI is InChI=1S/2C4H9.ClH.Sb/c2*1-3-4-2;;/h2*1,3-4H2,2H3;1H;/q;;;+1/p-1. The number of hydrogen-bond donors (Lipinski definition) is 0. The van der Waals surface area contributed by atoms with Crippen LogP contribution in [0.15, 0.2) is 0 Å². The Labute approximate surface area is 76.0 Å². The van der Waals surface area contributed by atoms with Crippen LogP contribution in [-0.4, -0.2) is 19.1 Å². The van der Waals surface area contributed by atoms with Gasteiger partial charge in [-0.15, -0.1) is 0 Å². The number of rotatable bonds is 6. The van der Waals surface area contributed by atoms with Gasteiger partial charge in [-0.1, -0.05) is 0 Å². The summed E-state index contributed by atoms with van der Waals surface area (Å²) in [6.45, 7) is 4.48. The van der Waals surface area contributed by atoms with Crippen LogP contribution in [0.25, 0.3) is 0 Å². The van der Waals surface area contributed by atoms with Crippen LogP contribution < -0.4 is 0 Å². The molecule has 0 unspecified atom stereocenters. The van der Waals surface area contributed by atoms with Crippen LogP contribution in [-0.2, 0) is 0 Å². The van der Waals surface area contributed by atoms with Gasteiger partial charge in [-0.3, -0.25) is 0 Å². The van der Waals surface area contributed by atoms with Gasteiger partial charge in [0.15, 0.2) is 0 Å². The molecular formula is C8H18ClSb. The van der Waals surface area contributed by atoms with Crippen molar-refractivity contribution >= 4 is 27.9 Å². The van der Waals surface area contributed by atoms with Gasteiger partial charge >= 0.3 is 76.2 Å². The fraction of sp³-hybridized carbons (Fsp3) is 1.00. The van der Waals surface area contributed by atoms with Crippen molar-refractivity contribution in [1.29, 1.82) is 0 Å². The first kappa shape index (κ1) is 11.1. The van der Waals surface area contributed by atoms with E-state index in [2.05, 4.69) is 13.8 Å². The maximum absolute atomic E-state index is 6.22. The summed E-state index contributed by atoms with van der Waals surface area (Å²) >= 11 is -1.15. The summed E-state index contributed by atoms with van der Waals surface area (Å²) in [4.78, 5) is 0. The van der Waals surface area contributed by atoms with Crippen molar-refractivity contribution < 1.29 is 0 Å². The molecule has 0 aromatic heterocycles. The molecule has 0 saturated carbocycles. The van der Waals surface area contributed by atoms with Crippen molar-refractivity contribution in [1.82, 2.24) is 0 Å². The molecule has 0 rings (SSSR count). The molecule has 2 heteroatoms. The average Bonchev–Trinajstić information content (AvgIpc) is 1.97. The molecule has 0 fully saturated rings. The number of unbranched alkanes of at least 4 members (excludes halogenated alkanes) is 2. The summed E-state index contributed by atoms with van der Waals surface area (Å²) in [5.74, 6) is 0. The molecular weight excluding hydrogens is 253 g/mol. The maximum atomic E-state index is 6.22. The molecule has 0 nitrogen and oxygen atoms in total. The van der Waals surface area contributed by atoms with Gasteiger partial charge in [-0.25, -0.2) is 0 Å². The van der Waals surface area contributed by atoms with E-state index in [4.69, 9.17) is 8.83 Å². The number of halogens is 1. The molecule has 62 valence electrons. The molecule has 0 aliphatic carbocycles. The van der Waals surface area contributed by atoms with Gasteiger partial charge in [0.25, 0.3) is 0 Å². The molecule has 0 aromatic rings. The van der Waals surface area contributed by atoms with E-state index in [-0.39, 0.29) is 0 Å². The average molecular weight is 271 g/mol. The van der Waals surface area contributed by atoms with Crippen molar-refractivity contribution in [2.24, 2.45) is 0 Å². The Kier molecular flexibility index (Phi) is 9.12. The molecule has 0 heterocycles. The predicted molar refractivity (Wildman–Crippen MR) is 51.0 cm³/mol. The Morgan fingerprint density at radius 3 is 1.70 bits per heavy atom. The van der Waals surface area contributed by atoms with Gasteiger partial charge in [-0.05, 0) is 0 Å². The van der Waals surface area contributed by atoms with Crippen LogP contribution in [0.1, 0.15) is 39.5 Å². The van der Waals surface area contributed by atoms with Crippen molar-refractivity contribution in [2.45, 2.75) is 48.3 Å². The van der Waals surface area contributed by atoms with Gasteiger partial charge in [0.1, 0.15) is 0 Å². The third-order valence-corrected chi connectivity index (χ3v) is 8.35. The first-order chi connectivity index (χ1) is 4.81. The van der Waals surface area contributed by atoms with Crippen LogP contribution in [0.2, 0.25) is 8.73 Å². The van der Waals surface area contributed by atoms with Gasteiger partial charge in [0.2, 0.25) is 0 Å². The van der Waals surface area contributed by atoms with E-state index in [9.17, 15) is 0 Å². The van der Waals surface area contributed by atoms with Crippen LogP contribution in [0.4, 0.5) is 0 Å². The van der Waals surface area contributed by atoms with Crippen LogP contribution in [0, 0.1) is 0 Å². The molecule has 0 atom stereocenters. The zero-order valence-corrected chi connectivity index (χ0v) is 10.4. The van der Waals surface area contributed by atoms with Gasteiger partial charge in [0, 0.05) is 0 Å². The second-order valence-corrected chi connectivity index (χ2v) is 11.0. The topological polar surface area (TPSA) is 0 Å². The van der Waals surface area contributed by atoms with Crippen LogP contribution in [0.5, 0.6) is 0 Å². The minimum atomic E-state index is -1.15. The Morgan fingerprint density at radius 1 is 1.00 bits per heavy atom. The molecule has 10 heavy (non-hydrogen) atoms. The zero-order chi connectivity index (χ0) is 7.82. The Morgan fingerprint density at radius 2 is 1.40 bits per heavy atom. The molecule has 0 aliphatic heterocycles. The Hall–Kier alpha value is 1.11. The molecule has 0 aromatic carbocycles. The van der Waals surface area contributed by atoms with Crippen molar-refractivity contribution in [3.63, 3.8) is 0 Å². The second-order valence-electron chi connectivity index (χ2n) is 2.62. The van der Waals surface area contributed by atoms with Gasteiger partial charge in [-0.2, -0.15) is 0 Å². The summed E-state index contributed by atoms with van der Waals surface area (Å²) < 4.78 is 2.78. The molecule has 0 bridgehead atoms. The quantitative estimate of drug-likeness (QED) is 0.644. The van der Waals surface area contributed by atoms with Gasteiger partial charge < -0.3 is 0 Å². The van der Waals surface area contributed by atoms with E-state index in [1.54, 1.807) is 0 Å². The summed E-state index contributed by atoms with van der Waals surface area (Å²) in [6, 6.07) is 0. The van der Waals surface area contributed by atoms with Crippen LogP contribution in [0.3, 0.4) is 0 Å². The Balaban J connectivity index is 3.00. The van der Waals surface area contributed by atoms with E-state index in [1.165, 1.54) is 34.4 Å². The summed E-state index contributed by atoms with van der Waals surface area (Å²) in [7, 11) is 6.22. The first-order valence-electron chi connectivity index (χ1n) is 4.22. The molecule has 0 spiro atoms. The fourth-order valence-corrected chi connectivity index (χ4v) is 6.78. The van der Waals surface area contributed by atoms with Crippen molar-refractivity contribution in [2.75, 3.05) is 0 Å². The Bertz CT molecular complexity index is 58.3. The molecule has 0 aliphatic rings. The predicted octanol–water partition coefficient (Wildman–Crippen LogP) is 3.82. The van der Waals surface area contributed by atoms with E-state index in [0.29, 0.717) is 0 Å². The zero-order valence-electron chi connectivity index (χ0n) is 7.07. The first-order valence-corrected chi connectivity index (χ1v) is 11.1. The SMILES string of the molecule is CCC[CH2][Sb]([Cl])[CH2]CCC.